The van der Waals surface area contributed by atoms with Crippen molar-refractivity contribution in [1.82, 2.24) is 5.32 Å². The fourth-order valence-corrected chi connectivity index (χ4v) is 1.10. The molecule has 0 bridgehead atoms. The molecule has 3 nitrogen and oxygen atoms in total. The number of benzene rings is 1. The summed E-state index contributed by atoms with van der Waals surface area (Å²) in [6.45, 7) is 8.99. The highest BCUT2D eigenvalue weighted by Gasteiger charge is 2.10. The highest BCUT2D eigenvalue weighted by atomic mass is 16.3. The number of carbonyl (C=O) groups excluding carboxylic acids is 1. The molecule has 0 spiro atoms. The van der Waals surface area contributed by atoms with Crippen LogP contribution < -0.4 is 5.32 Å². The summed E-state index contributed by atoms with van der Waals surface area (Å²) >= 11 is 0. The molecule has 1 atom stereocenters. The average molecular weight is 221 g/mol. The monoisotopic (exact) mass is 221 g/mol. The Kier molecular flexibility index (Phi) is 6.68. The average Bonchev–Trinajstić information content (AvgIpc) is 2.32. The van der Waals surface area contributed by atoms with Crippen LogP contribution in [0.4, 0.5) is 0 Å². The minimum absolute atomic E-state index is 0.132. The van der Waals surface area contributed by atoms with Gasteiger partial charge in [0.25, 0.3) is 5.91 Å². The molecular formula is C13H19NO2. The topological polar surface area (TPSA) is 49.3 Å². The summed E-state index contributed by atoms with van der Waals surface area (Å²) in [5, 5.41) is 11.4. The van der Waals surface area contributed by atoms with Crippen LogP contribution in [0.1, 0.15) is 32.4 Å². The molecule has 2 N–H and O–H groups in total. The van der Waals surface area contributed by atoms with Gasteiger partial charge >= 0.3 is 0 Å². The number of aliphatic hydroxyl groups excluding tert-OH is 1. The number of nitrogens with one attached hydrogen (secondary N) is 1. The minimum atomic E-state index is -0.540. The molecule has 3 heteroatoms. The van der Waals surface area contributed by atoms with Crippen molar-refractivity contribution in [3.63, 3.8) is 0 Å². The molecule has 0 heterocycles. The van der Waals surface area contributed by atoms with Crippen LogP contribution in [0.5, 0.6) is 0 Å². The fraction of sp³-hybridized carbons (Fsp3) is 0.308. The molecule has 1 amide bonds. The van der Waals surface area contributed by atoms with Gasteiger partial charge in [0, 0.05) is 0 Å². The van der Waals surface area contributed by atoms with E-state index in [1.54, 1.807) is 0 Å². The van der Waals surface area contributed by atoms with E-state index in [1.807, 2.05) is 51.1 Å². The van der Waals surface area contributed by atoms with Crippen molar-refractivity contribution in [2.24, 2.45) is 0 Å². The van der Waals surface area contributed by atoms with E-state index in [2.05, 4.69) is 11.9 Å². The fourth-order valence-electron chi connectivity index (χ4n) is 1.10. The number of amides is 1. The van der Waals surface area contributed by atoms with Crippen molar-refractivity contribution in [2.45, 2.75) is 26.8 Å². The molecule has 0 radical (unpaired) electrons. The summed E-state index contributed by atoms with van der Waals surface area (Å²) < 4.78 is 0. The third-order valence-corrected chi connectivity index (χ3v) is 1.91. The van der Waals surface area contributed by atoms with Crippen LogP contribution in [0.3, 0.4) is 0 Å². The standard InChI is InChI=1S/C11H13NO2.C2H6/c1-8(12-11(14)9(2)13)10-6-4-3-5-7-10;1-2/h3-8,13H,2H2,1H3,(H,12,14);1-2H3/t8-;/m1./s1. The van der Waals surface area contributed by atoms with Gasteiger partial charge in [0.2, 0.25) is 0 Å². The van der Waals surface area contributed by atoms with Crippen LogP contribution in [0.15, 0.2) is 42.7 Å². The lowest BCUT2D eigenvalue weighted by Crippen LogP contribution is -2.27. The summed E-state index contributed by atoms with van der Waals surface area (Å²) in [4.78, 5) is 11.1. The Labute approximate surface area is 96.8 Å². The van der Waals surface area contributed by atoms with Gasteiger partial charge in [-0.25, -0.2) is 0 Å². The Balaban J connectivity index is 0.00000106. The third-order valence-electron chi connectivity index (χ3n) is 1.91. The third kappa shape index (κ3) is 4.64. The van der Waals surface area contributed by atoms with Crippen LogP contribution in [0.25, 0.3) is 0 Å². The number of rotatable bonds is 3. The van der Waals surface area contributed by atoms with E-state index in [0.717, 1.165) is 5.56 Å². The minimum Gasteiger partial charge on any atom is -0.503 e. The Bertz CT molecular complexity index is 333. The Morgan fingerprint density at radius 2 is 1.81 bits per heavy atom. The van der Waals surface area contributed by atoms with E-state index in [4.69, 9.17) is 5.11 Å². The van der Waals surface area contributed by atoms with Crippen LogP contribution in [-0.2, 0) is 4.79 Å². The molecule has 0 aliphatic rings. The van der Waals surface area contributed by atoms with E-state index in [0.29, 0.717) is 0 Å². The van der Waals surface area contributed by atoms with Crippen molar-refractivity contribution in [2.75, 3.05) is 0 Å². The maximum absolute atomic E-state index is 11.1. The molecule has 0 aromatic heterocycles. The summed E-state index contributed by atoms with van der Waals surface area (Å²) in [6.07, 6.45) is 0. The van der Waals surface area contributed by atoms with Crippen LogP contribution in [0, 0.1) is 0 Å². The van der Waals surface area contributed by atoms with E-state index in [9.17, 15) is 4.79 Å². The zero-order chi connectivity index (χ0) is 12.6. The highest BCUT2D eigenvalue weighted by Crippen LogP contribution is 2.11. The molecule has 16 heavy (non-hydrogen) atoms. The van der Waals surface area contributed by atoms with Crippen LogP contribution >= 0.6 is 0 Å². The second-order valence-electron chi connectivity index (χ2n) is 3.05. The number of hydrogen-bond donors (Lipinski definition) is 2. The molecule has 0 unspecified atom stereocenters. The van der Waals surface area contributed by atoms with Gasteiger partial charge < -0.3 is 10.4 Å². The second kappa shape index (κ2) is 7.51. The summed E-state index contributed by atoms with van der Waals surface area (Å²) in [5.74, 6) is -1.01. The smallest absolute Gasteiger partial charge is 0.285 e. The second-order valence-corrected chi connectivity index (χ2v) is 3.05. The quantitative estimate of drug-likeness (QED) is 0.609. The molecule has 88 valence electrons. The maximum Gasteiger partial charge on any atom is 0.285 e. The lowest BCUT2D eigenvalue weighted by atomic mass is 10.1. The van der Waals surface area contributed by atoms with Crippen LogP contribution in [0.2, 0.25) is 0 Å². The van der Waals surface area contributed by atoms with E-state index >= 15 is 0 Å². The Morgan fingerprint density at radius 3 is 2.25 bits per heavy atom. The largest absolute Gasteiger partial charge is 0.503 e. The lowest BCUT2D eigenvalue weighted by Gasteiger charge is -2.13. The number of aliphatic hydroxyl groups is 1. The molecule has 1 aromatic rings. The van der Waals surface area contributed by atoms with Crippen molar-refractivity contribution in [1.29, 1.82) is 0 Å². The van der Waals surface area contributed by atoms with Gasteiger partial charge in [0.05, 0.1) is 6.04 Å². The van der Waals surface area contributed by atoms with Gasteiger partial charge in [-0.05, 0) is 12.5 Å². The van der Waals surface area contributed by atoms with Gasteiger partial charge in [-0.2, -0.15) is 0 Å². The van der Waals surface area contributed by atoms with Crippen LogP contribution in [-0.4, -0.2) is 11.0 Å². The van der Waals surface area contributed by atoms with Gasteiger partial charge in [-0.1, -0.05) is 50.8 Å². The first kappa shape index (κ1) is 14.2. The Morgan fingerprint density at radius 1 is 1.31 bits per heavy atom. The van der Waals surface area contributed by atoms with Gasteiger partial charge in [0.1, 0.15) is 0 Å². The first-order valence-corrected chi connectivity index (χ1v) is 5.35. The first-order valence-electron chi connectivity index (χ1n) is 5.35. The van der Waals surface area contributed by atoms with Gasteiger partial charge in [0.15, 0.2) is 5.76 Å². The zero-order valence-corrected chi connectivity index (χ0v) is 10.0. The molecule has 0 fully saturated rings. The maximum atomic E-state index is 11.1. The van der Waals surface area contributed by atoms with E-state index in [-0.39, 0.29) is 6.04 Å². The van der Waals surface area contributed by atoms with Crippen molar-refractivity contribution >= 4 is 5.91 Å². The van der Waals surface area contributed by atoms with Crippen molar-refractivity contribution in [3.8, 4) is 0 Å². The van der Waals surface area contributed by atoms with Gasteiger partial charge in [-0.3, -0.25) is 4.79 Å². The van der Waals surface area contributed by atoms with E-state index in [1.165, 1.54) is 0 Å². The van der Waals surface area contributed by atoms with E-state index < -0.39 is 11.7 Å². The normalized spacial score (nSPS) is 10.7. The molecular weight excluding hydrogens is 202 g/mol. The summed E-state index contributed by atoms with van der Waals surface area (Å²) in [5.41, 5.74) is 0.988. The summed E-state index contributed by atoms with van der Waals surface area (Å²) in [6, 6.07) is 9.38. The van der Waals surface area contributed by atoms with Crippen molar-refractivity contribution < 1.29 is 9.90 Å². The van der Waals surface area contributed by atoms with Crippen molar-refractivity contribution in [3.05, 3.63) is 48.2 Å². The highest BCUT2D eigenvalue weighted by molar-refractivity contribution is 5.90. The number of hydrogen-bond acceptors (Lipinski definition) is 2. The molecule has 1 aromatic carbocycles. The molecule has 0 aliphatic heterocycles. The number of carbonyl (C=O) groups is 1. The van der Waals surface area contributed by atoms with Gasteiger partial charge in [-0.15, -0.1) is 0 Å². The molecule has 0 aliphatic carbocycles. The first-order chi connectivity index (χ1) is 7.61. The molecule has 0 saturated heterocycles. The SMILES string of the molecule is C=C(O)C(=O)N[C@H](C)c1ccccc1.CC. The zero-order valence-electron chi connectivity index (χ0n) is 10.0. The molecule has 0 saturated carbocycles. The summed E-state index contributed by atoms with van der Waals surface area (Å²) in [7, 11) is 0. The predicted octanol–water partition coefficient (Wildman–Crippen LogP) is 2.96. The lowest BCUT2D eigenvalue weighted by molar-refractivity contribution is -0.120. The predicted molar refractivity (Wildman–Crippen MR) is 66.1 cm³/mol. The molecule has 1 rings (SSSR count). The Hall–Kier alpha value is -1.77.